The predicted molar refractivity (Wildman–Crippen MR) is 143 cm³/mol. The van der Waals surface area contributed by atoms with Crippen LogP contribution in [0.15, 0.2) is 83.7 Å². The Bertz CT molecular complexity index is 1420. The third-order valence-corrected chi connectivity index (χ3v) is 6.24. The summed E-state index contributed by atoms with van der Waals surface area (Å²) in [5.74, 6) is -0.656. The number of nitrogens with one attached hydrogen (secondary N) is 1. The highest BCUT2D eigenvalue weighted by Gasteiger charge is 2.26. The largest absolute Gasteiger partial charge is 0.331 e. The van der Waals surface area contributed by atoms with E-state index in [-0.39, 0.29) is 18.0 Å². The highest BCUT2D eigenvalue weighted by Crippen LogP contribution is 2.23. The molecule has 0 aliphatic carbocycles. The van der Waals surface area contributed by atoms with E-state index in [1.807, 2.05) is 56.3 Å². The average molecular weight is 502 g/mol. The number of unbranched alkanes of at least 4 members (excludes halogenated alkanes) is 1. The molecule has 1 amide bonds. The number of nitrogens with zero attached hydrogens (tertiary/aromatic N) is 2. The highest BCUT2D eigenvalue weighted by atomic mass is 35.5. The van der Waals surface area contributed by atoms with E-state index in [2.05, 4.69) is 5.10 Å². The van der Waals surface area contributed by atoms with Crippen LogP contribution in [0.1, 0.15) is 46.0 Å². The molecule has 0 radical (unpaired) electrons. The SMILES string of the molecule is CCCCN(CC(=O)c1c(-c2ccccc2)[nH]n(-c2cccc(Cl)c2)c1=O)C(=O)c1ccc(C)cc1. The van der Waals surface area contributed by atoms with E-state index in [1.54, 1.807) is 36.4 Å². The fraction of sp³-hybridized carbons (Fsp3) is 0.207. The molecule has 4 rings (SSSR count). The van der Waals surface area contributed by atoms with E-state index in [0.717, 1.165) is 18.4 Å². The Hall–Kier alpha value is -3.90. The first-order chi connectivity index (χ1) is 17.4. The fourth-order valence-electron chi connectivity index (χ4n) is 4.04. The topological polar surface area (TPSA) is 75.2 Å². The van der Waals surface area contributed by atoms with Crippen molar-refractivity contribution < 1.29 is 9.59 Å². The van der Waals surface area contributed by atoms with Gasteiger partial charge < -0.3 is 4.90 Å². The molecule has 3 aromatic carbocycles. The summed E-state index contributed by atoms with van der Waals surface area (Å²) in [4.78, 5) is 42.1. The molecule has 4 aromatic rings. The zero-order chi connectivity index (χ0) is 25.7. The number of carbonyl (C=O) groups excluding carboxylic acids is 2. The van der Waals surface area contributed by atoms with Gasteiger partial charge >= 0.3 is 0 Å². The second-order valence-electron chi connectivity index (χ2n) is 8.72. The molecular formula is C29H28ClN3O3. The number of aryl methyl sites for hydroxylation is 1. The first kappa shape index (κ1) is 25.2. The third-order valence-electron chi connectivity index (χ3n) is 6.00. The van der Waals surface area contributed by atoms with Crippen molar-refractivity contribution in [2.24, 2.45) is 0 Å². The summed E-state index contributed by atoms with van der Waals surface area (Å²) in [5, 5.41) is 3.57. The number of rotatable bonds is 9. The van der Waals surface area contributed by atoms with Crippen molar-refractivity contribution >= 4 is 23.3 Å². The van der Waals surface area contributed by atoms with Gasteiger partial charge in [0.05, 0.1) is 17.9 Å². The minimum Gasteiger partial charge on any atom is -0.331 e. The summed E-state index contributed by atoms with van der Waals surface area (Å²) in [6.45, 7) is 4.20. The molecule has 7 heteroatoms. The van der Waals surface area contributed by atoms with Crippen molar-refractivity contribution in [1.82, 2.24) is 14.7 Å². The number of H-pyrrole nitrogens is 1. The number of Topliss-reactive ketones (excluding diaryl/α,β-unsaturated/α-hetero) is 1. The van der Waals surface area contributed by atoms with Gasteiger partial charge in [-0.15, -0.1) is 0 Å². The normalized spacial score (nSPS) is 10.9. The van der Waals surface area contributed by atoms with Gasteiger partial charge in [-0.05, 0) is 43.7 Å². The van der Waals surface area contributed by atoms with Crippen molar-refractivity contribution in [1.29, 1.82) is 0 Å². The van der Waals surface area contributed by atoms with Crippen LogP contribution in [0.4, 0.5) is 0 Å². The van der Waals surface area contributed by atoms with Crippen molar-refractivity contribution in [3.8, 4) is 16.9 Å². The zero-order valence-electron chi connectivity index (χ0n) is 20.3. The van der Waals surface area contributed by atoms with Gasteiger partial charge in [0.1, 0.15) is 5.56 Å². The van der Waals surface area contributed by atoms with Crippen LogP contribution in [0.25, 0.3) is 16.9 Å². The maximum absolute atomic E-state index is 13.7. The minimum atomic E-state index is -0.487. The van der Waals surface area contributed by atoms with Gasteiger partial charge in [-0.25, -0.2) is 4.68 Å². The molecule has 0 aliphatic heterocycles. The molecule has 0 unspecified atom stereocenters. The molecule has 0 aliphatic rings. The maximum Gasteiger partial charge on any atom is 0.282 e. The molecule has 1 N–H and O–H groups in total. The molecule has 184 valence electrons. The summed E-state index contributed by atoms with van der Waals surface area (Å²) in [5.41, 5.74) is 2.70. The van der Waals surface area contributed by atoms with E-state index >= 15 is 0 Å². The fourth-order valence-corrected chi connectivity index (χ4v) is 4.22. The van der Waals surface area contributed by atoms with Crippen molar-refractivity contribution in [2.75, 3.05) is 13.1 Å². The molecule has 1 aromatic heterocycles. The Morgan fingerprint density at radius 3 is 2.36 bits per heavy atom. The number of hydrogen-bond donors (Lipinski definition) is 1. The van der Waals surface area contributed by atoms with Gasteiger partial charge in [-0.3, -0.25) is 19.5 Å². The summed E-state index contributed by atoms with van der Waals surface area (Å²) in [6.07, 6.45) is 1.61. The van der Waals surface area contributed by atoms with Crippen LogP contribution < -0.4 is 5.56 Å². The lowest BCUT2D eigenvalue weighted by Crippen LogP contribution is -2.38. The maximum atomic E-state index is 13.7. The summed E-state index contributed by atoms with van der Waals surface area (Å²) in [7, 11) is 0. The Labute approximate surface area is 215 Å². The third kappa shape index (κ3) is 5.50. The Kier molecular flexibility index (Phi) is 7.86. The van der Waals surface area contributed by atoms with Gasteiger partial charge in [0, 0.05) is 22.7 Å². The second kappa shape index (κ2) is 11.2. The lowest BCUT2D eigenvalue weighted by atomic mass is 10.0. The number of carbonyl (C=O) groups is 2. The summed E-state index contributed by atoms with van der Waals surface area (Å²) in [6, 6.07) is 23.3. The molecule has 36 heavy (non-hydrogen) atoms. The number of aromatic amines is 1. The Morgan fingerprint density at radius 1 is 0.972 bits per heavy atom. The summed E-state index contributed by atoms with van der Waals surface area (Å²) >= 11 is 6.15. The molecule has 0 atom stereocenters. The predicted octanol–water partition coefficient (Wildman–Crippen LogP) is 5.92. The van der Waals surface area contributed by atoms with Gasteiger partial charge in [0.2, 0.25) is 0 Å². The number of halogens is 1. The van der Waals surface area contributed by atoms with Crippen LogP contribution in [0, 0.1) is 6.92 Å². The number of aromatic nitrogens is 2. The quantitative estimate of drug-likeness (QED) is 0.289. The molecule has 0 bridgehead atoms. The molecule has 0 fully saturated rings. The van der Waals surface area contributed by atoms with Crippen LogP contribution in [-0.4, -0.2) is 39.5 Å². The van der Waals surface area contributed by atoms with Crippen molar-refractivity contribution in [3.63, 3.8) is 0 Å². The lowest BCUT2D eigenvalue weighted by Gasteiger charge is -2.22. The number of ketones is 1. The monoisotopic (exact) mass is 501 g/mol. The number of benzene rings is 3. The smallest absolute Gasteiger partial charge is 0.282 e. The first-order valence-electron chi connectivity index (χ1n) is 11.9. The van der Waals surface area contributed by atoms with Crippen LogP contribution in [0.5, 0.6) is 0 Å². The standard InChI is InChI=1S/C29H28ClN3O3/c1-3-4-17-32(28(35)22-15-13-20(2)14-16-22)19-25(34)26-27(21-9-6-5-7-10-21)31-33(29(26)36)24-12-8-11-23(30)18-24/h5-16,18,31H,3-4,17,19H2,1-2H3. The van der Waals surface area contributed by atoms with Crippen molar-refractivity contribution in [3.05, 3.63) is 111 Å². The molecule has 0 spiro atoms. The average Bonchev–Trinajstić information content (AvgIpc) is 3.24. The van der Waals surface area contributed by atoms with E-state index in [9.17, 15) is 14.4 Å². The molecular weight excluding hydrogens is 474 g/mol. The van der Waals surface area contributed by atoms with Crippen molar-refractivity contribution in [2.45, 2.75) is 26.7 Å². The van der Waals surface area contributed by atoms with Gasteiger partial charge in [0.15, 0.2) is 5.78 Å². The van der Waals surface area contributed by atoms with E-state index in [0.29, 0.717) is 34.1 Å². The minimum absolute atomic E-state index is 0.0133. The van der Waals surface area contributed by atoms with E-state index < -0.39 is 11.3 Å². The molecule has 0 saturated heterocycles. The van der Waals surface area contributed by atoms with Crippen LogP contribution in [-0.2, 0) is 0 Å². The van der Waals surface area contributed by atoms with Crippen LogP contribution >= 0.6 is 11.6 Å². The second-order valence-corrected chi connectivity index (χ2v) is 9.15. The Morgan fingerprint density at radius 2 is 1.69 bits per heavy atom. The van der Waals surface area contributed by atoms with Crippen LogP contribution in [0.2, 0.25) is 5.02 Å². The molecule has 0 saturated carbocycles. The number of amides is 1. The molecule has 1 heterocycles. The van der Waals surface area contributed by atoms with Gasteiger partial charge in [-0.1, -0.05) is 79.0 Å². The summed E-state index contributed by atoms with van der Waals surface area (Å²) < 4.78 is 1.32. The Balaban J connectivity index is 1.75. The lowest BCUT2D eigenvalue weighted by molar-refractivity contribution is 0.0707. The number of hydrogen-bond acceptors (Lipinski definition) is 3. The van der Waals surface area contributed by atoms with Gasteiger partial charge in [0.25, 0.3) is 11.5 Å². The first-order valence-corrected chi connectivity index (χ1v) is 12.3. The highest BCUT2D eigenvalue weighted by molar-refractivity contribution is 6.30. The van der Waals surface area contributed by atoms with E-state index in [4.69, 9.17) is 11.6 Å². The van der Waals surface area contributed by atoms with E-state index in [1.165, 1.54) is 9.58 Å². The van der Waals surface area contributed by atoms with Crippen LogP contribution in [0.3, 0.4) is 0 Å². The molecule has 6 nitrogen and oxygen atoms in total. The van der Waals surface area contributed by atoms with Gasteiger partial charge in [-0.2, -0.15) is 0 Å². The zero-order valence-corrected chi connectivity index (χ0v) is 21.1.